The molecule has 8 aromatic rings. The third-order valence-electron chi connectivity index (χ3n) is 9.78. The largest absolute Gasteiger partial charge is 0.456 e. The summed E-state index contributed by atoms with van der Waals surface area (Å²) in [7, 11) is 2.03. The molecule has 0 aliphatic carbocycles. The van der Waals surface area contributed by atoms with E-state index in [4.69, 9.17) is 9.41 Å². The lowest BCUT2D eigenvalue weighted by Gasteiger charge is -2.24. The van der Waals surface area contributed by atoms with Crippen LogP contribution in [0.4, 0.5) is 0 Å². The zero-order chi connectivity index (χ0) is 36.9. The summed E-state index contributed by atoms with van der Waals surface area (Å²) in [6.07, 6.45) is 3.86. The van der Waals surface area contributed by atoms with Gasteiger partial charge >= 0.3 is 0 Å². The zero-order valence-corrected chi connectivity index (χ0v) is 30.1. The Labute approximate surface area is 316 Å². The van der Waals surface area contributed by atoms with Crippen LogP contribution < -0.4 is 0 Å². The fraction of sp³-hybridized carbons (Fsp3) is 0.0400. The number of allylic oxidation sites excluding steroid dienone is 2. The predicted octanol–water partition coefficient (Wildman–Crippen LogP) is 12.6. The Bertz CT molecular complexity index is 2640. The first-order valence-electron chi connectivity index (χ1n) is 18.1. The average Bonchev–Trinajstić information content (AvgIpc) is 3.62. The minimum Gasteiger partial charge on any atom is -0.456 e. The van der Waals surface area contributed by atoms with Gasteiger partial charge in [-0.15, -0.1) is 0 Å². The quantitative estimate of drug-likeness (QED) is 0.0927. The highest BCUT2D eigenvalue weighted by molar-refractivity contribution is 6.20. The van der Waals surface area contributed by atoms with Crippen molar-refractivity contribution in [2.24, 2.45) is 4.99 Å². The van der Waals surface area contributed by atoms with E-state index in [9.17, 15) is 5.41 Å². The molecule has 8 rings (SSSR count). The molecule has 54 heavy (non-hydrogen) atoms. The average molecular weight is 698 g/mol. The highest BCUT2D eigenvalue weighted by Gasteiger charge is 2.19. The van der Waals surface area contributed by atoms with Gasteiger partial charge in [-0.25, -0.2) is 4.99 Å². The summed E-state index contributed by atoms with van der Waals surface area (Å²) in [5.41, 5.74) is 12.1. The molecule has 4 nitrogen and oxygen atoms in total. The van der Waals surface area contributed by atoms with Crippen LogP contribution in [-0.4, -0.2) is 30.2 Å². The fourth-order valence-electron chi connectivity index (χ4n) is 7.03. The first-order valence-corrected chi connectivity index (χ1v) is 18.1. The third kappa shape index (κ3) is 7.06. The SMILES string of the molecule is C=C/C=C(\CN(C)/C(=N\C(=N)c1cccc2oc3ccc(-c4ccc(-c5ccccc5)cc4)cc3c12)c1ccc(-c2ccccc2)cc1)c1ccccc1. The number of benzene rings is 7. The molecule has 0 bridgehead atoms. The second-order valence-corrected chi connectivity index (χ2v) is 13.3. The van der Waals surface area contributed by atoms with Gasteiger partial charge < -0.3 is 9.32 Å². The first kappa shape index (κ1) is 34.1. The van der Waals surface area contributed by atoms with Gasteiger partial charge in [0.1, 0.15) is 17.0 Å². The highest BCUT2D eigenvalue weighted by atomic mass is 16.3. The number of hydrogen-bond donors (Lipinski definition) is 1. The summed E-state index contributed by atoms with van der Waals surface area (Å²) < 4.78 is 6.36. The Hall–Kier alpha value is -7.04. The van der Waals surface area contributed by atoms with Crippen molar-refractivity contribution < 1.29 is 4.42 Å². The minimum atomic E-state index is 0.156. The summed E-state index contributed by atoms with van der Waals surface area (Å²) in [5, 5.41) is 11.4. The van der Waals surface area contributed by atoms with E-state index in [1.165, 1.54) is 11.1 Å². The lowest BCUT2D eigenvalue weighted by molar-refractivity contribution is 0.573. The number of fused-ring (bicyclic) bond motifs is 3. The van der Waals surface area contributed by atoms with Crippen LogP contribution in [0, 0.1) is 5.41 Å². The van der Waals surface area contributed by atoms with Crippen molar-refractivity contribution in [3.63, 3.8) is 0 Å². The molecular formula is C50H39N3O. The molecular weight excluding hydrogens is 659 g/mol. The standard InChI is InChI=1S/C50H39N3O/c1-3-14-43(37-19-11-6-12-20-37)34-53(2)50(41-29-27-39(28-30-41)36-17-9-5-10-18-36)52-49(51)44-21-13-22-47-48(44)45-33-42(31-32-46(45)54-47)40-25-23-38(24-26-40)35-15-7-4-8-16-35/h3-33,51H,1,34H2,2H3/b43-14+,51-49?,52-50-. The molecule has 0 saturated heterocycles. The molecule has 0 aliphatic rings. The number of furan rings is 1. The van der Waals surface area contributed by atoms with Crippen molar-refractivity contribution in [3.8, 4) is 33.4 Å². The Morgan fingerprint density at radius 1 is 0.593 bits per heavy atom. The molecule has 7 aromatic carbocycles. The minimum absolute atomic E-state index is 0.156. The fourth-order valence-corrected chi connectivity index (χ4v) is 7.03. The maximum absolute atomic E-state index is 9.54. The molecule has 0 radical (unpaired) electrons. The summed E-state index contributed by atoms with van der Waals surface area (Å²) >= 11 is 0. The van der Waals surface area contributed by atoms with Gasteiger partial charge in [0.05, 0.1) is 0 Å². The number of amidine groups is 2. The van der Waals surface area contributed by atoms with Gasteiger partial charge in [0.2, 0.25) is 0 Å². The van der Waals surface area contributed by atoms with Crippen molar-refractivity contribution >= 4 is 39.2 Å². The molecule has 0 atom stereocenters. The van der Waals surface area contributed by atoms with Crippen molar-refractivity contribution in [2.45, 2.75) is 0 Å². The lowest BCUT2D eigenvalue weighted by Crippen LogP contribution is -2.30. The number of nitrogens with one attached hydrogen (secondary N) is 1. The molecule has 4 heteroatoms. The van der Waals surface area contributed by atoms with Gasteiger partial charge in [0.15, 0.2) is 5.84 Å². The van der Waals surface area contributed by atoms with Crippen LogP contribution in [0.25, 0.3) is 60.9 Å². The Kier molecular flexibility index (Phi) is 9.64. The van der Waals surface area contributed by atoms with E-state index in [1.807, 2.05) is 85.9 Å². The molecule has 0 spiro atoms. The smallest absolute Gasteiger partial charge is 0.154 e. The van der Waals surface area contributed by atoms with E-state index < -0.39 is 0 Å². The van der Waals surface area contributed by atoms with Crippen molar-refractivity contribution in [1.82, 2.24) is 4.90 Å². The second-order valence-electron chi connectivity index (χ2n) is 13.3. The summed E-state index contributed by atoms with van der Waals surface area (Å²) in [6.45, 7) is 4.55. The van der Waals surface area contributed by atoms with Gasteiger partial charge in [-0.3, -0.25) is 5.41 Å². The number of nitrogens with zero attached hydrogens (tertiary/aromatic N) is 2. The molecule has 0 saturated carbocycles. The highest BCUT2D eigenvalue weighted by Crippen LogP contribution is 2.35. The van der Waals surface area contributed by atoms with Crippen molar-refractivity contribution in [1.29, 1.82) is 5.41 Å². The summed E-state index contributed by atoms with van der Waals surface area (Å²) in [4.78, 5) is 7.22. The van der Waals surface area contributed by atoms with Crippen LogP contribution >= 0.6 is 0 Å². The van der Waals surface area contributed by atoms with E-state index in [2.05, 4.69) is 121 Å². The van der Waals surface area contributed by atoms with Crippen molar-refractivity contribution in [3.05, 3.63) is 211 Å². The number of likely N-dealkylation sites (N-methyl/N-ethyl adjacent to an activating group) is 1. The van der Waals surface area contributed by atoms with E-state index >= 15 is 0 Å². The molecule has 0 unspecified atom stereocenters. The molecule has 0 amide bonds. The van der Waals surface area contributed by atoms with E-state index in [0.29, 0.717) is 17.9 Å². The van der Waals surface area contributed by atoms with Crippen LogP contribution in [0.1, 0.15) is 16.7 Å². The Morgan fingerprint density at radius 2 is 1.13 bits per heavy atom. The Morgan fingerprint density at radius 3 is 1.74 bits per heavy atom. The molecule has 0 aliphatic heterocycles. The zero-order valence-electron chi connectivity index (χ0n) is 30.1. The number of hydrogen-bond acceptors (Lipinski definition) is 2. The van der Waals surface area contributed by atoms with Crippen LogP contribution in [0.5, 0.6) is 0 Å². The maximum atomic E-state index is 9.54. The third-order valence-corrected chi connectivity index (χ3v) is 9.78. The normalized spacial score (nSPS) is 11.9. The molecule has 260 valence electrons. The predicted molar refractivity (Wildman–Crippen MR) is 227 cm³/mol. The van der Waals surface area contributed by atoms with E-state index in [-0.39, 0.29) is 5.84 Å². The van der Waals surface area contributed by atoms with Crippen LogP contribution in [0.2, 0.25) is 0 Å². The van der Waals surface area contributed by atoms with Gasteiger partial charge in [0, 0.05) is 35.5 Å². The van der Waals surface area contributed by atoms with Gasteiger partial charge in [0.25, 0.3) is 0 Å². The molecule has 0 fully saturated rings. The first-order chi connectivity index (χ1) is 26.6. The second kappa shape index (κ2) is 15.3. The molecule has 1 N–H and O–H groups in total. The summed E-state index contributed by atoms with van der Waals surface area (Å²) in [5.74, 6) is 0.846. The van der Waals surface area contributed by atoms with Crippen LogP contribution in [0.3, 0.4) is 0 Å². The summed E-state index contributed by atoms with van der Waals surface area (Å²) in [6, 6.07) is 60.3. The number of rotatable bonds is 9. The van der Waals surface area contributed by atoms with Gasteiger partial charge in [-0.05, 0) is 62.7 Å². The van der Waals surface area contributed by atoms with Crippen LogP contribution in [-0.2, 0) is 0 Å². The molecule has 1 heterocycles. The molecule has 1 aromatic heterocycles. The number of aliphatic imine (C=N–C) groups is 1. The topological polar surface area (TPSA) is 52.6 Å². The van der Waals surface area contributed by atoms with Gasteiger partial charge in [-0.1, -0.05) is 176 Å². The van der Waals surface area contributed by atoms with E-state index in [0.717, 1.165) is 60.9 Å². The monoisotopic (exact) mass is 697 g/mol. The van der Waals surface area contributed by atoms with Crippen LogP contribution in [0.15, 0.2) is 204 Å². The Balaban J connectivity index is 1.19. The lowest BCUT2D eigenvalue weighted by atomic mass is 9.98. The maximum Gasteiger partial charge on any atom is 0.154 e. The van der Waals surface area contributed by atoms with Crippen molar-refractivity contribution in [2.75, 3.05) is 13.6 Å². The van der Waals surface area contributed by atoms with E-state index in [1.54, 1.807) is 0 Å². The van der Waals surface area contributed by atoms with Gasteiger partial charge in [-0.2, -0.15) is 0 Å².